The number of rotatable bonds is 7. The maximum Gasteiger partial charge on any atom is 0.319 e. The first-order chi connectivity index (χ1) is 18.5. The summed E-state index contributed by atoms with van der Waals surface area (Å²) in [5, 5.41) is 20.4. The summed E-state index contributed by atoms with van der Waals surface area (Å²) in [6, 6.07) is 4.29. The number of likely N-dealkylation sites (N-methyl/N-ethyl adjacent to an activating group) is 1. The molecule has 2 aliphatic heterocycles. The van der Waals surface area contributed by atoms with Gasteiger partial charge in [-0.2, -0.15) is 20.3 Å². The third-order valence-corrected chi connectivity index (χ3v) is 8.05. The minimum atomic E-state index is -0.498. The fourth-order valence-electron chi connectivity index (χ4n) is 5.54. The van der Waals surface area contributed by atoms with Crippen molar-refractivity contribution < 1.29 is 9.13 Å². The number of halogens is 2. The molecule has 0 radical (unpaired) electrons. The number of hydrogen-bond acceptors (Lipinski definition) is 8. The topological polar surface area (TPSA) is 122 Å². The Morgan fingerprint density at radius 1 is 1.32 bits per heavy atom. The molecule has 2 atom stereocenters. The smallest absolute Gasteiger partial charge is 0.319 e. The number of nitriles is 1. The maximum atomic E-state index is 14.6. The van der Waals surface area contributed by atoms with Gasteiger partial charge in [-0.25, -0.2) is 4.39 Å². The molecule has 2 fully saturated rings. The molecule has 3 N–H and O–H groups in total. The Kier molecular flexibility index (Phi) is 6.78. The number of benzene rings is 1. The van der Waals surface area contributed by atoms with Gasteiger partial charge in [0, 0.05) is 61.4 Å². The summed E-state index contributed by atoms with van der Waals surface area (Å²) in [6.45, 7) is 3.68. The van der Waals surface area contributed by atoms with Crippen molar-refractivity contribution in [3.63, 3.8) is 0 Å². The van der Waals surface area contributed by atoms with Gasteiger partial charge in [-0.05, 0) is 32.0 Å². The molecule has 0 aliphatic carbocycles. The van der Waals surface area contributed by atoms with Crippen LogP contribution in [0.4, 0.5) is 10.2 Å². The van der Waals surface area contributed by atoms with E-state index in [4.69, 9.17) is 26.3 Å². The number of hydrogen-bond donors (Lipinski definition) is 3. The first-order valence-corrected chi connectivity index (χ1v) is 13.3. The number of aromatic amines is 2. The minimum absolute atomic E-state index is 0.0465. The molecule has 4 aromatic rings. The van der Waals surface area contributed by atoms with E-state index >= 15 is 0 Å². The van der Waals surface area contributed by atoms with Crippen molar-refractivity contribution in [2.75, 3.05) is 44.7 Å². The summed E-state index contributed by atoms with van der Waals surface area (Å²) in [7, 11) is 2.11. The first-order valence-electron chi connectivity index (χ1n) is 12.9. The number of H-pyrrole nitrogens is 2. The van der Waals surface area contributed by atoms with Gasteiger partial charge in [-0.15, -0.1) is 0 Å². The SMILES string of the molecule is CN1CCC[C@H]1COc1nc(N2CCN[C@@H](CC#N)C2)c2[nH]cc(Cc3c(Cl)c(F)cc4[nH]ncc34)c2n1. The molecule has 0 unspecified atom stereocenters. The van der Waals surface area contributed by atoms with E-state index in [1.165, 1.54) is 6.07 Å². The number of piperazine rings is 1. The maximum absolute atomic E-state index is 14.6. The second-order valence-electron chi connectivity index (χ2n) is 10.1. The lowest BCUT2D eigenvalue weighted by molar-refractivity contribution is 0.188. The molecule has 1 aromatic carbocycles. The van der Waals surface area contributed by atoms with Gasteiger partial charge in [-0.3, -0.25) is 5.10 Å². The van der Waals surface area contributed by atoms with E-state index < -0.39 is 5.82 Å². The summed E-state index contributed by atoms with van der Waals surface area (Å²) in [6.07, 6.45) is 6.53. The third kappa shape index (κ3) is 4.64. The number of nitrogens with zero attached hydrogens (tertiary/aromatic N) is 6. The number of nitrogens with one attached hydrogen (secondary N) is 3. The Morgan fingerprint density at radius 3 is 3.03 bits per heavy atom. The third-order valence-electron chi connectivity index (χ3n) is 7.64. The summed E-state index contributed by atoms with van der Waals surface area (Å²) >= 11 is 6.43. The lowest BCUT2D eigenvalue weighted by Crippen LogP contribution is -2.51. The Bertz CT molecular complexity index is 1510. The van der Waals surface area contributed by atoms with Crippen LogP contribution < -0.4 is 15.0 Å². The average molecular weight is 538 g/mol. The van der Waals surface area contributed by atoms with Crippen LogP contribution in [-0.4, -0.2) is 82.0 Å². The highest BCUT2D eigenvalue weighted by atomic mass is 35.5. The Hall–Kier alpha value is -3.46. The first kappa shape index (κ1) is 24.9. The highest BCUT2D eigenvalue weighted by Gasteiger charge is 2.27. The standard InChI is InChI=1S/C26H29ClFN9O/c1-36-7-2-3-17(36)14-38-26-33-23-15(9-18-19-12-32-35-21(19)10-20(28)22(18)27)11-31-24(23)25(34-26)37-8-6-30-16(13-37)4-5-29/h10-12,16-17,30-31H,2-4,6-9,13-14H2,1H3,(H,32,35)/t16-,17-/m0/s1. The molecule has 2 saturated heterocycles. The van der Waals surface area contributed by atoms with E-state index in [2.05, 4.69) is 43.4 Å². The zero-order valence-corrected chi connectivity index (χ0v) is 21.9. The van der Waals surface area contributed by atoms with Crippen molar-refractivity contribution in [1.82, 2.24) is 35.4 Å². The van der Waals surface area contributed by atoms with E-state index in [-0.39, 0.29) is 11.1 Å². The number of ether oxygens (including phenoxy) is 1. The van der Waals surface area contributed by atoms with Crippen LogP contribution in [0.3, 0.4) is 0 Å². The van der Waals surface area contributed by atoms with Crippen LogP contribution in [0.2, 0.25) is 5.02 Å². The van der Waals surface area contributed by atoms with E-state index in [1.807, 2.05) is 6.20 Å². The van der Waals surface area contributed by atoms with E-state index in [9.17, 15) is 9.65 Å². The van der Waals surface area contributed by atoms with Crippen LogP contribution >= 0.6 is 11.6 Å². The Morgan fingerprint density at radius 2 is 2.21 bits per heavy atom. The van der Waals surface area contributed by atoms with Crippen molar-refractivity contribution in [3.8, 4) is 12.1 Å². The second-order valence-corrected chi connectivity index (χ2v) is 10.5. The van der Waals surface area contributed by atoms with Crippen LogP contribution in [-0.2, 0) is 6.42 Å². The molecule has 2 aliphatic rings. The van der Waals surface area contributed by atoms with Gasteiger partial charge in [0.1, 0.15) is 23.5 Å². The van der Waals surface area contributed by atoms with Crippen LogP contribution in [0.5, 0.6) is 6.01 Å². The van der Waals surface area contributed by atoms with Crippen molar-refractivity contribution in [2.45, 2.75) is 37.8 Å². The van der Waals surface area contributed by atoms with Crippen molar-refractivity contribution in [2.24, 2.45) is 0 Å². The fourth-order valence-corrected chi connectivity index (χ4v) is 5.76. The molecule has 12 heteroatoms. The molecule has 0 bridgehead atoms. The zero-order valence-electron chi connectivity index (χ0n) is 21.1. The molecule has 0 spiro atoms. The molecule has 6 rings (SSSR count). The fraction of sp³-hybridized carbons (Fsp3) is 0.462. The van der Waals surface area contributed by atoms with Crippen LogP contribution in [0, 0.1) is 17.1 Å². The van der Waals surface area contributed by atoms with Crippen molar-refractivity contribution in [1.29, 1.82) is 5.26 Å². The van der Waals surface area contributed by atoms with Gasteiger partial charge >= 0.3 is 6.01 Å². The summed E-state index contributed by atoms with van der Waals surface area (Å²) in [5.74, 6) is 0.238. The van der Waals surface area contributed by atoms with Gasteiger partial charge in [-0.1, -0.05) is 11.6 Å². The van der Waals surface area contributed by atoms with Crippen LogP contribution in [0.1, 0.15) is 30.4 Å². The molecule has 38 heavy (non-hydrogen) atoms. The van der Waals surface area contributed by atoms with E-state index in [0.29, 0.717) is 54.6 Å². The number of fused-ring (bicyclic) bond motifs is 2. The van der Waals surface area contributed by atoms with Crippen molar-refractivity contribution in [3.05, 3.63) is 40.4 Å². The monoisotopic (exact) mass is 537 g/mol. The number of aromatic nitrogens is 5. The number of likely N-dealkylation sites (tertiary alicyclic amines) is 1. The molecular weight excluding hydrogens is 509 g/mol. The summed E-state index contributed by atoms with van der Waals surface area (Å²) in [5.41, 5.74) is 3.56. The largest absolute Gasteiger partial charge is 0.462 e. The van der Waals surface area contributed by atoms with Gasteiger partial charge in [0.25, 0.3) is 0 Å². The van der Waals surface area contributed by atoms with E-state index in [1.54, 1.807) is 6.20 Å². The van der Waals surface area contributed by atoms with E-state index in [0.717, 1.165) is 54.8 Å². The Balaban J connectivity index is 1.39. The molecule has 10 nitrogen and oxygen atoms in total. The predicted octanol–water partition coefficient (Wildman–Crippen LogP) is 3.38. The summed E-state index contributed by atoms with van der Waals surface area (Å²) < 4.78 is 20.8. The molecule has 3 aromatic heterocycles. The highest BCUT2D eigenvalue weighted by Crippen LogP contribution is 2.34. The minimum Gasteiger partial charge on any atom is -0.462 e. The van der Waals surface area contributed by atoms with Crippen molar-refractivity contribution >= 4 is 39.4 Å². The lowest BCUT2D eigenvalue weighted by atomic mass is 10.0. The van der Waals surface area contributed by atoms with Crippen LogP contribution in [0.15, 0.2) is 18.5 Å². The normalized spacial score (nSPS) is 20.4. The molecule has 198 valence electrons. The average Bonchev–Trinajstić information content (AvgIpc) is 3.65. The number of anilines is 1. The van der Waals surface area contributed by atoms with Gasteiger partial charge in [0.2, 0.25) is 0 Å². The zero-order chi connectivity index (χ0) is 26.2. The Labute approximate surface area is 224 Å². The van der Waals surface area contributed by atoms with Gasteiger partial charge < -0.3 is 24.8 Å². The predicted molar refractivity (Wildman–Crippen MR) is 143 cm³/mol. The molecule has 0 saturated carbocycles. The molecular formula is C26H29ClFN9O. The highest BCUT2D eigenvalue weighted by molar-refractivity contribution is 6.32. The summed E-state index contributed by atoms with van der Waals surface area (Å²) in [4.78, 5) is 17.5. The molecule has 0 amide bonds. The van der Waals surface area contributed by atoms with Gasteiger partial charge in [0.15, 0.2) is 5.82 Å². The van der Waals surface area contributed by atoms with Crippen LogP contribution in [0.25, 0.3) is 21.9 Å². The lowest BCUT2D eigenvalue weighted by Gasteiger charge is -2.33. The molecule has 5 heterocycles. The second kappa shape index (κ2) is 10.4. The quantitative estimate of drug-likeness (QED) is 0.328. The van der Waals surface area contributed by atoms with Gasteiger partial charge in [0.05, 0.1) is 29.2 Å².